The van der Waals surface area contributed by atoms with Gasteiger partial charge in [0.05, 0.1) is 23.6 Å². The maximum atomic E-state index is 5.27. The summed E-state index contributed by atoms with van der Waals surface area (Å²) >= 11 is 0. The highest BCUT2D eigenvalue weighted by Crippen LogP contribution is 2.25. The summed E-state index contributed by atoms with van der Waals surface area (Å²) in [5.41, 5.74) is 2.93. The zero-order chi connectivity index (χ0) is 14.9. The van der Waals surface area contributed by atoms with E-state index in [1.165, 1.54) is 0 Å². The molecule has 0 aliphatic carbocycles. The van der Waals surface area contributed by atoms with E-state index >= 15 is 0 Å². The summed E-state index contributed by atoms with van der Waals surface area (Å²) in [5.74, 6) is 1.48. The van der Waals surface area contributed by atoms with Crippen LogP contribution in [0.1, 0.15) is 13.3 Å². The standard InChI is InChI=1S/C16H14N4O2/c1-2-7-20-10-17-12-6-5-11(9-13(12)20)15-18-16(22-19-15)14-4-3-8-21-14/h3-6,8-10H,2,7H2,1H3. The Morgan fingerprint density at radius 1 is 1.23 bits per heavy atom. The molecule has 4 aromatic rings. The number of nitrogens with zero attached hydrogens (tertiary/aromatic N) is 4. The van der Waals surface area contributed by atoms with Crippen LogP contribution in [0, 0.1) is 0 Å². The van der Waals surface area contributed by atoms with E-state index in [0.29, 0.717) is 17.5 Å². The lowest BCUT2D eigenvalue weighted by atomic mass is 10.2. The Kier molecular flexibility index (Phi) is 3.00. The van der Waals surface area contributed by atoms with Gasteiger partial charge < -0.3 is 13.5 Å². The number of furan rings is 1. The first-order chi connectivity index (χ1) is 10.8. The molecule has 4 rings (SSSR count). The van der Waals surface area contributed by atoms with Crippen molar-refractivity contribution in [2.75, 3.05) is 0 Å². The number of hydrogen-bond donors (Lipinski definition) is 0. The van der Waals surface area contributed by atoms with Crippen LogP contribution in [0.5, 0.6) is 0 Å². The van der Waals surface area contributed by atoms with Gasteiger partial charge in [0.1, 0.15) is 0 Å². The number of aromatic nitrogens is 4. The largest absolute Gasteiger partial charge is 0.459 e. The molecule has 0 fully saturated rings. The summed E-state index contributed by atoms with van der Waals surface area (Å²) < 4.78 is 12.7. The maximum absolute atomic E-state index is 5.27. The number of fused-ring (bicyclic) bond motifs is 1. The van der Waals surface area contributed by atoms with E-state index in [-0.39, 0.29) is 0 Å². The summed E-state index contributed by atoms with van der Waals surface area (Å²) in [5, 5.41) is 4.03. The Morgan fingerprint density at radius 3 is 3.00 bits per heavy atom. The molecule has 0 aliphatic heterocycles. The van der Waals surface area contributed by atoms with Crippen LogP contribution in [0.2, 0.25) is 0 Å². The van der Waals surface area contributed by atoms with E-state index in [1.54, 1.807) is 18.4 Å². The highest BCUT2D eigenvalue weighted by Gasteiger charge is 2.13. The predicted octanol–water partition coefficient (Wildman–Crippen LogP) is 3.76. The lowest BCUT2D eigenvalue weighted by Gasteiger charge is -2.02. The lowest BCUT2D eigenvalue weighted by molar-refractivity contribution is 0.417. The first kappa shape index (κ1) is 12.8. The molecule has 3 heterocycles. The van der Waals surface area contributed by atoms with Gasteiger partial charge >= 0.3 is 0 Å². The Balaban J connectivity index is 1.76. The maximum Gasteiger partial charge on any atom is 0.293 e. The second-order valence-electron chi connectivity index (χ2n) is 5.04. The summed E-state index contributed by atoms with van der Waals surface area (Å²) in [6, 6.07) is 9.53. The van der Waals surface area contributed by atoms with Gasteiger partial charge in [0.25, 0.3) is 5.89 Å². The smallest absolute Gasteiger partial charge is 0.293 e. The number of imidazole rings is 1. The number of aryl methyl sites for hydroxylation is 1. The zero-order valence-corrected chi connectivity index (χ0v) is 12.1. The Morgan fingerprint density at radius 2 is 2.18 bits per heavy atom. The zero-order valence-electron chi connectivity index (χ0n) is 12.1. The first-order valence-electron chi connectivity index (χ1n) is 7.18. The summed E-state index contributed by atoms with van der Waals surface area (Å²) in [4.78, 5) is 8.79. The van der Waals surface area contributed by atoms with Gasteiger partial charge in [-0.3, -0.25) is 0 Å². The van der Waals surface area contributed by atoms with Crippen LogP contribution in [0.4, 0.5) is 0 Å². The SMILES string of the molecule is CCCn1cnc2ccc(-c3noc(-c4ccco4)n3)cc21. The molecule has 0 atom stereocenters. The van der Waals surface area contributed by atoms with Gasteiger partial charge in [-0.25, -0.2) is 4.98 Å². The highest BCUT2D eigenvalue weighted by molar-refractivity contribution is 5.80. The fourth-order valence-electron chi connectivity index (χ4n) is 2.46. The molecule has 0 N–H and O–H groups in total. The first-order valence-corrected chi connectivity index (χ1v) is 7.18. The van der Waals surface area contributed by atoms with Crippen molar-refractivity contribution in [3.05, 3.63) is 42.9 Å². The number of hydrogen-bond acceptors (Lipinski definition) is 5. The molecule has 0 amide bonds. The van der Waals surface area contributed by atoms with E-state index in [9.17, 15) is 0 Å². The van der Waals surface area contributed by atoms with E-state index in [1.807, 2.05) is 24.5 Å². The van der Waals surface area contributed by atoms with Crippen molar-refractivity contribution in [1.82, 2.24) is 19.7 Å². The van der Waals surface area contributed by atoms with E-state index in [4.69, 9.17) is 8.94 Å². The Bertz CT molecular complexity index is 905. The minimum Gasteiger partial charge on any atom is -0.459 e. The van der Waals surface area contributed by atoms with Gasteiger partial charge in [-0.2, -0.15) is 4.98 Å². The fourth-order valence-corrected chi connectivity index (χ4v) is 2.46. The van der Waals surface area contributed by atoms with Gasteiger partial charge in [0.15, 0.2) is 5.76 Å². The molecule has 0 saturated heterocycles. The molecular weight excluding hydrogens is 280 g/mol. The van der Waals surface area contributed by atoms with Gasteiger partial charge in [-0.1, -0.05) is 12.1 Å². The van der Waals surface area contributed by atoms with Gasteiger partial charge in [0.2, 0.25) is 5.82 Å². The second kappa shape index (κ2) is 5.14. The monoisotopic (exact) mass is 294 g/mol. The molecule has 6 nitrogen and oxygen atoms in total. The third-order valence-electron chi connectivity index (χ3n) is 3.50. The van der Waals surface area contributed by atoms with Gasteiger partial charge in [-0.15, -0.1) is 0 Å². The molecule has 1 aromatic carbocycles. The van der Waals surface area contributed by atoms with E-state index in [2.05, 4.69) is 26.6 Å². The van der Waals surface area contributed by atoms with Crippen LogP contribution in [0.15, 0.2) is 51.9 Å². The van der Waals surface area contributed by atoms with E-state index < -0.39 is 0 Å². The average Bonchev–Trinajstić information content (AvgIpc) is 3.28. The minimum absolute atomic E-state index is 0.377. The van der Waals surface area contributed by atoms with Crippen LogP contribution in [-0.4, -0.2) is 19.7 Å². The fraction of sp³-hybridized carbons (Fsp3) is 0.188. The minimum atomic E-state index is 0.377. The molecule has 22 heavy (non-hydrogen) atoms. The molecule has 0 unspecified atom stereocenters. The number of benzene rings is 1. The van der Waals surface area contributed by atoms with Crippen LogP contribution in [-0.2, 0) is 6.54 Å². The van der Waals surface area contributed by atoms with Crippen LogP contribution in [0.3, 0.4) is 0 Å². The summed E-state index contributed by atoms with van der Waals surface area (Å²) in [7, 11) is 0. The molecular formula is C16H14N4O2. The quantitative estimate of drug-likeness (QED) is 0.573. The summed E-state index contributed by atoms with van der Waals surface area (Å²) in [6.07, 6.45) is 4.50. The van der Waals surface area contributed by atoms with E-state index in [0.717, 1.165) is 29.6 Å². The molecule has 6 heteroatoms. The van der Waals surface area contributed by atoms with Crippen molar-refractivity contribution >= 4 is 11.0 Å². The van der Waals surface area contributed by atoms with Crippen molar-refractivity contribution in [2.45, 2.75) is 19.9 Å². The third-order valence-corrected chi connectivity index (χ3v) is 3.50. The normalized spacial score (nSPS) is 11.3. The second-order valence-corrected chi connectivity index (χ2v) is 5.04. The van der Waals surface area contributed by atoms with Crippen LogP contribution in [0.25, 0.3) is 34.1 Å². The average molecular weight is 294 g/mol. The molecule has 0 radical (unpaired) electrons. The van der Waals surface area contributed by atoms with Crippen molar-refractivity contribution < 1.29 is 8.94 Å². The van der Waals surface area contributed by atoms with Crippen LogP contribution < -0.4 is 0 Å². The molecule has 0 spiro atoms. The molecule has 0 aliphatic rings. The third kappa shape index (κ3) is 2.09. The lowest BCUT2D eigenvalue weighted by Crippen LogP contribution is -1.94. The summed E-state index contributed by atoms with van der Waals surface area (Å²) in [6.45, 7) is 3.08. The van der Waals surface area contributed by atoms with Crippen molar-refractivity contribution in [3.8, 4) is 23.0 Å². The molecule has 110 valence electrons. The van der Waals surface area contributed by atoms with Crippen molar-refractivity contribution in [1.29, 1.82) is 0 Å². The Labute approximate surface area is 126 Å². The van der Waals surface area contributed by atoms with Crippen molar-refractivity contribution in [2.24, 2.45) is 0 Å². The topological polar surface area (TPSA) is 69.9 Å². The predicted molar refractivity (Wildman–Crippen MR) is 81.0 cm³/mol. The number of rotatable bonds is 4. The van der Waals surface area contributed by atoms with Crippen molar-refractivity contribution in [3.63, 3.8) is 0 Å². The molecule has 0 bridgehead atoms. The van der Waals surface area contributed by atoms with Gasteiger partial charge in [-0.05, 0) is 36.8 Å². The Hall–Kier alpha value is -2.89. The molecule has 3 aromatic heterocycles. The highest BCUT2D eigenvalue weighted by atomic mass is 16.5. The van der Waals surface area contributed by atoms with Crippen LogP contribution >= 0.6 is 0 Å². The van der Waals surface area contributed by atoms with Gasteiger partial charge in [0, 0.05) is 12.1 Å². The molecule has 0 saturated carbocycles.